The van der Waals surface area contributed by atoms with Crippen LogP contribution in [0.3, 0.4) is 0 Å². The van der Waals surface area contributed by atoms with Crippen LogP contribution in [-0.4, -0.2) is 61.5 Å². The predicted octanol–water partition coefficient (Wildman–Crippen LogP) is 2.94. The molecular formula is C16H35Cl2N3O. The van der Waals surface area contributed by atoms with E-state index in [-0.39, 0.29) is 24.8 Å². The molecule has 0 aromatic heterocycles. The first kappa shape index (κ1) is 24.2. The fraction of sp³-hybridized carbons (Fsp3) is 0.938. The van der Waals surface area contributed by atoms with E-state index in [2.05, 4.69) is 29.0 Å². The Hall–Kier alpha value is -0.0300. The molecule has 0 aromatic carbocycles. The highest BCUT2D eigenvalue weighted by molar-refractivity contribution is 5.85. The molecule has 0 spiro atoms. The zero-order chi connectivity index (χ0) is 14.8. The molecule has 1 unspecified atom stereocenters. The van der Waals surface area contributed by atoms with Crippen molar-refractivity contribution in [1.29, 1.82) is 0 Å². The predicted molar refractivity (Wildman–Crippen MR) is 99.4 cm³/mol. The molecule has 1 saturated heterocycles. The number of amides is 1. The van der Waals surface area contributed by atoms with Gasteiger partial charge in [0, 0.05) is 25.6 Å². The Morgan fingerprint density at radius 3 is 2.36 bits per heavy atom. The molecule has 0 radical (unpaired) electrons. The van der Waals surface area contributed by atoms with Crippen LogP contribution in [0.4, 0.5) is 0 Å². The number of carbonyl (C=O) groups excluding carboxylic acids is 1. The standard InChI is InChI=1S/C16H33N3O.2ClH/c1-4-10-18(11-5-2)12-7-9-16(20)19-13-6-8-15(19)14-17-3;;/h15,17H,4-14H2,1-3H3;2*1H. The van der Waals surface area contributed by atoms with Gasteiger partial charge in [0.2, 0.25) is 5.91 Å². The van der Waals surface area contributed by atoms with Gasteiger partial charge in [-0.05, 0) is 58.8 Å². The maximum absolute atomic E-state index is 12.3. The Balaban J connectivity index is 0. The highest BCUT2D eigenvalue weighted by Crippen LogP contribution is 2.18. The van der Waals surface area contributed by atoms with E-state index in [9.17, 15) is 4.79 Å². The van der Waals surface area contributed by atoms with Crippen LogP contribution in [0.1, 0.15) is 52.4 Å². The average molecular weight is 356 g/mol. The lowest BCUT2D eigenvalue weighted by Crippen LogP contribution is -2.41. The van der Waals surface area contributed by atoms with Crippen molar-refractivity contribution in [3.63, 3.8) is 0 Å². The lowest BCUT2D eigenvalue weighted by atomic mass is 10.2. The van der Waals surface area contributed by atoms with Gasteiger partial charge in [0.25, 0.3) is 0 Å². The van der Waals surface area contributed by atoms with Crippen molar-refractivity contribution in [3.8, 4) is 0 Å². The first-order valence-corrected chi connectivity index (χ1v) is 8.39. The molecule has 1 heterocycles. The van der Waals surface area contributed by atoms with E-state index in [0.29, 0.717) is 18.4 Å². The summed E-state index contributed by atoms with van der Waals surface area (Å²) in [7, 11) is 1.97. The summed E-state index contributed by atoms with van der Waals surface area (Å²) in [6.45, 7) is 9.73. The molecule has 6 heteroatoms. The van der Waals surface area contributed by atoms with Crippen molar-refractivity contribution >= 4 is 30.7 Å². The molecule has 0 aliphatic carbocycles. The topological polar surface area (TPSA) is 35.6 Å². The van der Waals surface area contributed by atoms with Crippen LogP contribution in [0.25, 0.3) is 0 Å². The van der Waals surface area contributed by atoms with E-state index >= 15 is 0 Å². The van der Waals surface area contributed by atoms with E-state index in [1.165, 1.54) is 12.8 Å². The van der Waals surface area contributed by atoms with Crippen molar-refractivity contribution in [2.75, 3.05) is 39.8 Å². The molecule has 0 aromatic rings. The molecule has 1 aliphatic rings. The second-order valence-corrected chi connectivity index (χ2v) is 5.89. The van der Waals surface area contributed by atoms with Crippen LogP contribution in [0.15, 0.2) is 0 Å². The first-order chi connectivity index (χ1) is 9.72. The normalized spacial score (nSPS) is 17.3. The summed E-state index contributed by atoms with van der Waals surface area (Å²) in [5.74, 6) is 0.357. The number of carbonyl (C=O) groups is 1. The zero-order valence-corrected chi connectivity index (χ0v) is 16.1. The van der Waals surface area contributed by atoms with Crippen molar-refractivity contribution in [2.24, 2.45) is 0 Å². The molecule has 0 saturated carbocycles. The zero-order valence-electron chi connectivity index (χ0n) is 14.5. The Labute approximate surface area is 149 Å². The average Bonchev–Trinajstić information content (AvgIpc) is 2.88. The third-order valence-corrected chi connectivity index (χ3v) is 4.08. The third kappa shape index (κ3) is 8.56. The molecule has 0 bridgehead atoms. The van der Waals surface area contributed by atoms with E-state index < -0.39 is 0 Å². The summed E-state index contributed by atoms with van der Waals surface area (Å²) in [4.78, 5) is 16.9. The smallest absolute Gasteiger partial charge is 0.222 e. The molecule has 4 nitrogen and oxygen atoms in total. The number of likely N-dealkylation sites (tertiary alicyclic amines) is 1. The molecule has 1 rings (SSSR count). The molecule has 1 aliphatic heterocycles. The van der Waals surface area contributed by atoms with Gasteiger partial charge >= 0.3 is 0 Å². The Bertz CT molecular complexity index is 274. The largest absolute Gasteiger partial charge is 0.338 e. The first-order valence-electron chi connectivity index (χ1n) is 8.39. The summed E-state index contributed by atoms with van der Waals surface area (Å²) >= 11 is 0. The van der Waals surface area contributed by atoms with E-state index in [4.69, 9.17) is 0 Å². The summed E-state index contributed by atoms with van der Waals surface area (Å²) in [5.41, 5.74) is 0. The molecule has 1 fully saturated rings. The molecule has 1 amide bonds. The number of rotatable bonds is 10. The van der Waals surface area contributed by atoms with Crippen LogP contribution >= 0.6 is 24.8 Å². The Morgan fingerprint density at radius 2 is 1.82 bits per heavy atom. The van der Waals surface area contributed by atoms with Crippen LogP contribution < -0.4 is 5.32 Å². The lowest BCUT2D eigenvalue weighted by Gasteiger charge is -2.25. The van der Waals surface area contributed by atoms with Crippen LogP contribution in [0, 0.1) is 0 Å². The molecule has 134 valence electrons. The number of nitrogens with zero attached hydrogens (tertiary/aromatic N) is 2. The van der Waals surface area contributed by atoms with E-state index in [0.717, 1.165) is 52.0 Å². The summed E-state index contributed by atoms with van der Waals surface area (Å²) in [6.07, 6.45) is 6.43. The van der Waals surface area contributed by atoms with Gasteiger partial charge in [-0.15, -0.1) is 24.8 Å². The van der Waals surface area contributed by atoms with Crippen molar-refractivity contribution < 1.29 is 4.79 Å². The van der Waals surface area contributed by atoms with Crippen molar-refractivity contribution in [1.82, 2.24) is 15.1 Å². The Kier molecular flexibility index (Phi) is 16.0. The van der Waals surface area contributed by atoms with Gasteiger partial charge in [-0.25, -0.2) is 0 Å². The van der Waals surface area contributed by atoms with E-state index in [1.54, 1.807) is 0 Å². The fourth-order valence-corrected chi connectivity index (χ4v) is 3.18. The van der Waals surface area contributed by atoms with Crippen LogP contribution in [-0.2, 0) is 4.79 Å². The van der Waals surface area contributed by atoms with Gasteiger partial charge in [-0.2, -0.15) is 0 Å². The number of hydrogen-bond donors (Lipinski definition) is 1. The summed E-state index contributed by atoms with van der Waals surface area (Å²) in [5, 5.41) is 3.20. The summed E-state index contributed by atoms with van der Waals surface area (Å²) in [6, 6.07) is 0.426. The van der Waals surface area contributed by atoms with Gasteiger partial charge in [0.05, 0.1) is 0 Å². The molecule has 1 N–H and O–H groups in total. The minimum atomic E-state index is 0. The van der Waals surface area contributed by atoms with Gasteiger partial charge in [-0.3, -0.25) is 4.79 Å². The molecular weight excluding hydrogens is 321 g/mol. The SMILES string of the molecule is CCCN(CCC)CCCC(=O)N1CCCC1CNC.Cl.Cl. The van der Waals surface area contributed by atoms with E-state index in [1.807, 2.05) is 7.05 Å². The maximum Gasteiger partial charge on any atom is 0.222 e. The highest BCUT2D eigenvalue weighted by atomic mass is 35.5. The van der Waals surface area contributed by atoms with Gasteiger partial charge in [-0.1, -0.05) is 13.8 Å². The number of hydrogen-bond acceptors (Lipinski definition) is 3. The number of likely N-dealkylation sites (N-methyl/N-ethyl adjacent to an activating group) is 1. The number of halogens is 2. The fourth-order valence-electron chi connectivity index (χ4n) is 3.18. The minimum Gasteiger partial charge on any atom is -0.338 e. The quantitative estimate of drug-likeness (QED) is 0.654. The van der Waals surface area contributed by atoms with Crippen molar-refractivity contribution in [2.45, 2.75) is 58.4 Å². The van der Waals surface area contributed by atoms with Gasteiger partial charge in [0.15, 0.2) is 0 Å². The monoisotopic (exact) mass is 355 g/mol. The number of nitrogens with one attached hydrogen (secondary N) is 1. The highest BCUT2D eigenvalue weighted by Gasteiger charge is 2.27. The second-order valence-electron chi connectivity index (χ2n) is 5.89. The van der Waals surface area contributed by atoms with Crippen molar-refractivity contribution in [3.05, 3.63) is 0 Å². The Morgan fingerprint density at radius 1 is 1.18 bits per heavy atom. The minimum absolute atomic E-state index is 0. The molecule has 1 atom stereocenters. The third-order valence-electron chi connectivity index (χ3n) is 4.08. The summed E-state index contributed by atoms with van der Waals surface area (Å²) < 4.78 is 0. The van der Waals surface area contributed by atoms with Crippen LogP contribution in [0.5, 0.6) is 0 Å². The maximum atomic E-state index is 12.3. The lowest BCUT2D eigenvalue weighted by molar-refractivity contribution is -0.132. The van der Waals surface area contributed by atoms with Gasteiger partial charge < -0.3 is 15.1 Å². The molecule has 22 heavy (non-hydrogen) atoms. The van der Waals surface area contributed by atoms with Gasteiger partial charge in [0.1, 0.15) is 0 Å². The second kappa shape index (κ2) is 14.6. The van der Waals surface area contributed by atoms with Crippen LogP contribution in [0.2, 0.25) is 0 Å².